The van der Waals surface area contributed by atoms with E-state index >= 15 is 4.39 Å². The number of benzene rings is 4. The van der Waals surface area contributed by atoms with Crippen LogP contribution in [0, 0.1) is 11.7 Å². The number of carbonyl (C=O) groups is 3. The molecular formula is C46H49ClFN9O4. The molecule has 3 amide bonds. The van der Waals surface area contributed by atoms with E-state index in [0.29, 0.717) is 53.0 Å². The molecule has 5 aromatic rings. The molecule has 4 heterocycles. The lowest BCUT2D eigenvalue weighted by Gasteiger charge is -2.38. The number of nitrogens with one attached hydrogen (secondary N) is 2. The van der Waals surface area contributed by atoms with Crippen molar-refractivity contribution in [2.24, 2.45) is 11.7 Å². The Balaban J connectivity index is 0.775. The highest BCUT2D eigenvalue weighted by Crippen LogP contribution is 2.39. The number of aromatic nitrogens is 2. The van der Waals surface area contributed by atoms with E-state index in [1.165, 1.54) is 5.69 Å². The Labute approximate surface area is 359 Å². The highest BCUT2D eigenvalue weighted by atomic mass is 35.5. The van der Waals surface area contributed by atoms with Gasteiger partial charge in [0.15, 0.2) is 11.6 Å². The molecule has 3 fully saturated rings. The quantitative estimate of drug-likeness (QED) is 0.0992. The average molecular weight is 846 g/mol. The predicted molar refractivity (Wildman–Crippen MR) is 235 cm³/mol. The molecule has 61 heavy (non-hydrogen) atoms. The number of piperazine rings is 1. The zero-order chi connectivity index (χ0) is 42.3. The lowest BCUT2D eigenvalue weighted by molar-refractivity contribution is -0.134. The van der Waals surface area contributed by atoms with Crippen LogP contribution in [0.5, 0.6) is 5.75 Å². The number of nitrogens with two attached hydrogens (primary N) is 1. The average Bonchev–Trinajstić information content (AvgIpc) is 3.28. The molecule has 0 radical (unpaired) electrons. The van der Waals surface area contributed by atoms with Crippen molar-refractivity contribution in [1.29, 1.82) is 0 Å². The summed E-state index contributed by atoms with van der Waals surface area (Å²) in [4.78, 5) is 53.3. The molecule has 15 heteroatoms. The van der Waals surface area contributed by atoms with E-state index in [0.717, 1.165) is 82.7 Å². The molecule has 0 aliphatic carbocycles. The number of amides is 3. The first-order valence-corrected chi connectivity index (χ1v) is 21.1. The lowest BCUT2D eigenvalue weighted by atomic mass is 9.90. The summed E-state index contributed by atoms with van der Waals surface area (Å²) in [5.41, 5.74) is 9.62. The molecule has 3 saturated heterocycles. The third-order valence-electron chi connectivity index (χ3n) is 11.7. The summed E-state index contributed by atoms with van der Waals surface area (Å²) in [6.07, 6.45) is 4.24. The number of halogens is 2. The van der Waals surface area contributed by atoms with Gasteiger partial charge >= 0.3 is 0 Å². The van der Waals surface area contributed by atoms with Gasteiger partial charge in [-0.1, -0.05) is 35.9 Å². The standard InChI is InChI=1S/C46H49ClFN9O4/c47-39-3-1-2-4-41(39)57(36-13-7-33(8-14-36)43(49)59)44-40(48)29-50-46(53-44)51-34-9-15-37(16-10-34)61-30-31-19-21-54(22-20-31)23-24-55-25-27-56(28-26-55)35-11-5-32(6-12-35)38-17-18-42(58)52-45(38)60/h1-16,29,31,38H,17-28,30H2,(H2,49,59)(H,50,51,53)(H,52,58,60). The Morgan fingerprint density at radius 2 is 1.56 bits per heavy atom. The minimum absolute atomic E-state index is 0.0316. The van der Waals surface area contributed by atoms with Crippen molar-refractivity contribution in [2.45, 2.75) is 31.6 Å². The van der Waals surface area contributed by atoms with E-state index in [1.54, 1.807) is 53.4 Å². The van der Waals surface area contributed by atoms with E-state index in [-0.39, 0.29) is 29.5 Å². The van der Waals surface area contributed by atoms with E-state index in [1.807, 2.05) is 36.4 Å². The van der Waals surface area contributed by atoms with Gasteiger partial charge in [0.25, 0.3) is 0 Å². The van der Waals surface area contributed by atoms with Crippen LogP contribution in [0.25, 0.3) is 0 Å². The van der Waals surface area contributed by atoms with Crippen molar-refractivity contribution in [3.63, 3.8) is 0 Å². The van der Waals surface area contributed by atoms with Gasteiger partial charge in [-0.3, -0.25) is 29.5 Å². The second-order valence-corrected chi connectivity index (χ2v) is 16.1. The van der Waals surface area contributed by atoms with Crippen molar-refractivity contribution in [3.8, 4) is 5.75 Å². The first-order valence-electron chi connectivity index (χ1n) is 20.8. The smallest absolute Gasteiger partial charge is 0.248 e. The number of primary amides is 1. The first-order chi connectivity index (χ1) is 29.7. The van der Waals surface area contributed by atoms with Crippen molar-refractivity contribution in [3.05, 3.63) is 125 Å². The van der Waals surface area contributed by atoms with Gasteiger partial charge in [0.05, 0.1) is 29.4 Å². The number of nitrogens with zero attached hydrogens (tertiary/aromatic N) is 6. The predicted octanol–water partition coefficient (Wildman–Crippen LogP) is 7.01. The number of carbonyl (C=O) groups excluding carboxylic acids is 3. The number of imide groups is 1. The fourth-order valence-electron chi connectivity index (χ4n) is 8.15. The van der Waals surface area contributed by atoms with Crippen LogP contribution < -0.4 is 30.9 Å². The van der Waals surface area contributed by atoms with E-state index in [4.69, 9.17) is 22.1 Å². The number of hydrogen-bond donors (Lipinski definition) is 3. The van der Waals surface area contributed by atoms with Crippen molar-refractivity contribution in [2.75, 3.05) is 74.1 Å². The maximum absolute atomic E-state index is 15.5. The van der Waals surface area contributed by atoms with Crippen molar-refractivity contribution in [1.82, 2.24) is 25.1 Å². The molecule has 0 bridgehead atoms. The summed E-state index contributed by atoms with van der Waals surface area (Å²) < 4.78 is 21.7. The molecule has 1 aromatic heterocycles. The molecule has 0 saturated carbocycles. The summed E-state index contributed by atoms with van der Waals surface area (Å²) in [5.74, 6) is -0.471. The van der Waals surface area contributed by atoms with E-state index in [9.17, 15) is 14.4 Å². The van der Waals surface area contributed by atoms with Crippen LogP contribution in [-0.2, 0) is 9.59 Å². The van der Waals surface area contributed by atoms with Crippen LogP contribution >= 0.6 is 11.6 Å². The topological polar surface area (TPSA) is 149 Å². The van der Waals surface area contributed by atoms with E-state index < -0.39 is 11.7 Å². The van der Waals surface area contributed by atoms with Gasteiger partial charge in [0, 0.05) is 68.3 Å². The van der Waals surface area contributed by atoms with Gasteiger partial charge in [-0.05, 0) is 117 Å². The second kappa shape index (κ2) is 19.1. The van der Waals surface area contributed by atoms with Gasteiger partial charge in [-0.2, -0.15) is 4.98 Å². The second-order valence-electron chi connectivity index (χ2n) is 15.7. The molecule has 1 unspecified atom stereocenters. The minimum atomic E-state index is -0.664. The van der Waals surface area contributed by atoms with Crippen LogP contribution in [0.3, 0.4) is 0 Å². The number of piperidine rings is 2. The first kappa shape index (κ1) is 41.6. The maximum atomic E-state index is 15.5. The molecule has 0 spiro atoms. The van der Waals surface area contributed by atoms with Crippen molar-refractivity contribution >= 4 is 63.8 Å². The third-order valence-corrected chi connectivity index (χ3v) is 12.1. The summed E-state index contributed by atoms with van der Waals surface area (Å²) in [6.45, 7) is 8.85. The Morgan fingerprint density at radius 1 is 0.869 bits per heavy atom. The number of rotatable bonds is 14. The van der Waals surface area contributed by atoms with Gasteiger partial charge in [0.2, 0.25) is 23.7 Å². The van der Waals surface area contributed by atoms with Gasteiger partial charge in [-0.25, -0.2) is 9.37 Å². The summed E-state index contributed by atoms with van der Waals surface area (Å²) in [5, 5.41) is 6.01. The molecule has 13 nitrogen and oxygen atoms in total. The Hall–Kier alpha value is -6.09. The number of likely N-dealkylation sites (tertiary alicyclic amines) is 1. The van der Waals surface area contributed by atoms with E-state index in [2.05, 4.69) is 47.4 Å². The lowest BCUT2D eigenvalue weighted by Crippen LogP contribution is -2.49. The molecule has 4 aromatic carbocycles. The van der Waals surface area contributed by atoms with Crippen molar-refractivity contribution < 1.29 is 23.5 Å². The Kier molecular flexibility index (Phi) is 13.0. The summed E-state index contributed by atoms with van der Waals surface area (Å²) >= 11 is 6.57. The maximum Gasteiger partial charge on any atom is 0.248 e. The largest absolute Gasteiger partial charge is 0.493 e. The van der Waals surface area contributed by atoms with Gasteiger partial charge in [0.1, 0.15) is 5.75 Å². The van der Waals surface area contributed by atoms with Crippen LogP contribution in [0.1, 0.15) is 47.5 Å². The van der Waals surface area contributed by atoms with Crippen LogP contribution in [0.2, 0.25) is 5.02 Å². The summed E-state index contributed by atoms with van der Waals surface area (Å²) in [6, 6.07) is 29.3. The van der Waals surface area contributed by atoms with Crippen LogP contribution in [-0.4, -0.2) is 96.5 Å². The van der Waals surface area contributed by atoms with Gasteiger partial charge in [-0.15, -0.1) is 0 Å². The monoisotopic (exact) mass is 845 g/mol. The number of para-hydroxylation sites is 1. The number of ether oxygens (including phenoxy) is 1. The Morgan fingerprint density at radius 3 is 2.23 bits per heavy atom. The SMILES string of the molecule is NC(=O)c1ccc(N(c2ccccc2Cl)c2nc(Nc3ccc(OCC4CCN(CCN5CCN(c6ccc(C7CCC(=O)NC7=O)cc6)CC5)CC4)cc3)ncc2F)cc1. The normalized spacial score (nSPS) is 17.8. The molecule has 1 atom stereocenters. The molecule has 3 aliphatic rings. The molecule has 3 aliphatic heterocycles. The fourth-order valence-corrected chi connectivity index (χ4v) is 8.37. The van der Waals surface area contributed by atoms with Crippen LogP contribution in [0.4, 0.5) is 38.9 Å². The molecule has 4 N–H and O–H groups in total. The fraction of sp³-hybridized carbons (Fsp3) is 0.326. The highest BCUT2D eigenvalue weighted by molar-refractivity contribution is 6.33. The molecule has 8 rings (SSSR count). The zero-order valence-electron chi connectivity index (χ0n) is 33.8. The summed E-state index contributed by atoms with van der Waals surface area (Å²) in [7, 11) is 0. The Bertz CT molecular complexity index is 2320. The van der Waals surface area contributed by atoms with Crippen LogP contribution in [0.15, 0.2) is 103 Å². The number of hydrogen-bond acceptors (Lipinski definition) is 11. The minimum Gasteiger partial charge on any atom is -0.493 e. The molecular weight excluding hydrogens is 797 g/mol. The zero-order valence-corrected chi connectivity index (χ0v) is 34.6. The third kappa shape index (κ3) is 10.3. The molecule has 316 valence electrons. The highest BCUT2D eigenvalue weighted by Gasteiger charge is 2.29. The number of anilines is 6. The van der Waals surface area contributed by atoms with Gasteiger partial charge < -0.3 is 25.6 Å².